The maximum atomic E-state index is 12.4. The number of Topliss-reactive ketones (excluding diaryl/α,β-unsaturated/α-hetero) is 1. The van der Waals surface area contributed by atoms with Crippen LogP contribution in [-0.2, 0) is 11.2 Å². The second-order valence-electron chi connectivity index (χ2n) is 6.32. The number of carbonyl (C=O) groups is 1. The topological polar surface area (TPSA) is 30.0 Å². The van der Waals surface area contributed by atoms with E-state index in [4.69, 9.17) is 0 Å². The molecule has 3 rings (SSSR count). The first-order chi connectivity index (χ1) is 9.33. The Labute approximate surface area is 115 Å². The van der Waals surface area contributed by atoms with Crippen molar-refractivity contribution in [3.05, 3.63) is 30.1 Å². The van der Waals surface area contributed by atoms with Crippen LogP contribution in [0.2, 0.25) is 0 Å². The van der Waals surface area contributed by atoms with Crippen molar-refractivity contribution < 1.29 is 4.79 Å². The number of nitrogens with zero attached hydrogens (tertiary/aromatic N) is 1. The highest BCUT2D eigenvalue weighted by molar-refractivity contribution is 5.83. The van der Waals surface area contributed by atoms with Crippen LogP contribution >= 0.6 is 0 Å². The van der Waals surface area contributed by atoms with Gasteiger partial charge < -0.3 is 0 Å². The van der Waals surface area contributed by atoms with E-state index in [-0.39, 0.29) is 0 Å². The van der Waals surface area contributed by atoms with Gasteiger partial charge >= 0.3 is 0 Å². The predicted molar refractivity (Wildman–Crippen MR) is 75.7 cm³/mol. The lowest BCUT2D eigenvalue weighted by Gasteiger charge is -2.38. The van der Waals surface area contributed by atoms with Crippen LogP contribution in [0.5, 0.6) is 0 Å². The van der Waals surface area contributed by atoms with Crippen molar-refractivity contribution in [1.29, 1.82) is 0 Å². The fourth-order valence-corrected chi connectivity index (χ4v) is 4.01. The van der Waals surface area contributed by atoms with E-state index in [9.17, 15) is 4.79 Å². The van der Waals surface area contributed by atoms with Crippen molar-refractivity contribution in [3.63, 3.8) is 0 Å². The summed E-state index contributed by atoms with van der Waals surface area (Å²) in [5, 5.41) is 0. The van der Waals surface area contributed by atoms with Crippen molar-refractivity contribution in [2.75, 3.05) is 0 Å². The summed E-state index contributed by atoms with van der Waals surface area (Å²) in [7, 11) is 0. The number of hydrogen-bond donors (Lipinski definition) is 0. The number of rotatable bonds is 3. The van der Waals surface area contributed by atoms with Gasteiger partial charge in [-0.3, -0.25) is 9.78 Å². The van der Waals surface area contributed by atoms with E-state index in [1.54, 1.807) is 6.20 Å². The SMILES string of the molecule is O=C(Cc1cccnc1)C1CCC2CCCCC2C1. The van der Waals surface area contributed by atoms with Gasteiger partial charge in [0.25, 0.3) is 0 Å². The number of hydrogen-bond acceptors (Lipinski definition) is 2. The zero-order chi connectivity index (χ0) is 13.1. The predicted octanol–water partition coefficient (Wildman–Crippen LogP) is 3.80. The molecule has 1 aromatic rings. The Balaban J connectivity index is 1.59. The van der Waals surface area contributed by atoms with Crippen molar-refractivity contribution in [3.8, 4) is 0 Å². The maximum Gasteiger partial charge on any atom is 0.140 e. The lowest BCUT2D eigenvalue weighted by molar-refractivity contribution is -0.124. The van der Waals surface area contributed by atoms with Gasteiger partial charge in [-0.1, -0.05) is 31.7 Å². The summed E-state index contributed by atoms with van der Waals surface area (Å²) >= 11 is 0. The van der Waals surface area contributed by atoms with Gasteiger partial charge in [-0.25, -0.2) is 0 Å². The quantitative estimate of drug-likeness (QED) is 0.824. The van der Waals surface area contributed by atoms with Crippen LogP contribution in [0.25, 0.3) is 0 Å². The van der Waals surface area contributed by atoms with Crippen LogP contribution in [0.15, 0.2) is 24.5 Å². The Kier molecular flexibility index (Phi) is 3.95. The normalized spacial score (nSPS) is 30.6. The third kappa shape index (κ3) is 3.05. The van der Waals surface area contributed by atoms with E-state index in [2.05, 4.69) is 4.98 Å². The summed E-state index contributed by atoms with van der Waals surface area (Å²) in [6.07, 6.45) is 13.3. The minimum absolute atomic E-state index is 0.319. The van der Waals surface area contributed by atoms with Crippen LogP contribution in [0, 0.1) is 17.8 Å². The highest BCUT2D eigenvalue weighted by Gasteiger charge is 2.34. The van der Waals surface area contributed by atoms with Gasteiger partial charge in [-0.05, 0) is 42.7 Å². The van der Waals surface area contributed by atoms with Crippen molar-refractivity contribution in [2.45, 2.75) is 51.4 Å². The summed E-state index contributed by atoms with van der Waals surface area (Å²) in [6, 6.07) is 3.93. The molecule has 0 amide bonds. The average Bonchev–Trinajstić information content (AvgIpc) is 2.48. The van der Waals surface area contributed by atoms with E-state index in [1.807, 2.05) is 18.3 Å². The molecule has 3 atom stereocenters. The van der Waals surface area contributed by atoms with Crippen LogP contribution < -0.4 is 0 Å². The third-order valence-corrected chi connectivity index (χ3v) is 5.10. The van der Waals surface area contributed by atoms with E-state index in [1.165, 1.54) is 32.1 Å². The molecule has 2 nitrogen and oxygen atoms in total. The monoisotopic (exact) mass is 257 g/mol. The second-order valence-corrected chi connectivity index (χ2v) is 6.32. The summed E-state index contributed by atoms with van der Waals surface area (Å²) in [4.78, 5) is 16.5. The standard InChI is InChI=1S/C17H23NO/c19-17(10-13-4-3-9-18-12-13)16-8-7-14-5-1-2-6-15(14)11-16/h3-4,9,12,14-16H,1-2,5-8,10-11H2. The molecule has 0 spiro atoms. The first-order valence-corrected chi connectivity index (χ1v) is 7.74. The van der Waals surface area contributed by atoms with Crippen molar-refractivity contribution in [1.82, 2.24) is 4.98 Å². The zero-order valence-electron chi connectivity index (χ0n) is 11.6. The molecule has 19 heavy (non-hydrogen) atoms. The molecule has 1 aromatic heterocycles. The molecule has 0 aliphatic heterocycles. The molecular formula is C17H23NO. The van der Waals surface area contributed by atoms with Crippen molar-refractivity contribution >= 4 is 5.78 Å². The van der Waals surface area contributed by atoms with Crippen LogP contribution in [0.3, 0.4) is 0 Å². The molecule has 0 radical (unpaired) electrons. The average molecular weight is 257 g/mol. The molecule has 0 saturated heterocycles. The summed E-state index contributed by atoms with van der Waals surface area (Å²) < 4.78 is 0. The fraction of sp³-hybridized carbons (Fsp3) is 0.647. The Morgan fingerprint density at radius 3 is 2.79 bits per heavy atom. The molecule has 0 N–H and O–H groups in total. The first-order valence-electron chi connectivity index (χ1n) is 7.74. The first kappa shape index (κ1) is 12.8. The lowest BCUT2D eigenvalue weighted by Crippen LogP contribution is -2.31. The number of ketones is 1. The molecule has 0 bridgehead atoms. The van der Waals surface area contributed by atoms with Gasteiger partial charge in [0.05, 0.1) is 0 Å². The summed E-state index contributed by atoms with van der Waals surface area (Å²) in [5.41, 5.74) is 1.07. The van der Waals surface area contributed by atoms with Crippen LogP contribution in [0.1, 0.15) is 50.5 Å². The van der Waals surface area contributed by atoms with E-state index in [0.717, 1.165) is 30.2 Å². The molecule has 102 valence electrons. The maximum absolute atomic E-state index is 12.4. The minimum atomic E-state index is 0.319. The van der Waals surface area contributed by atoms with Gasteiger partial charge in [-0.15, -0.1) is 0 Å². The molecule has 3 unspecified atom stereocenters. The third-order valence-electron chi connectivity index (χ3n) is 5.10. The van der Waals surface area contributed by atoms with Crippen molar-refractivity contribution in [2.24, 2.45) is 17.8 Å². The van der Waals surface area contributed by atoms with Gasteiger partial charge in [-0.2, -0.15) is 0 Å². The molecular weight excluding hydrogens is 234 g/mol. The van der Waals surface area contributed by atoms with E-state index < -0.39 is 0 Å². The molecule has 2 saturated carbocycles. The van der Waals surface area contributed by atoms with Gasteiger partial charge in [0, 0.05) is 24.7 Å². The second kappa shape index (κ2) is 5.85. The minimum Gasteiger partial charge on any atom is -0.299 e. The molecule has 2 fully saturated rings. The molecule has 0 aromatic carbocycles. The Morgan fingerprint density at radius 2 is 2.00 bits per heavy atom. The van der Waals surface area contributed by atoms with E-state index in [0.29, 0.717) is 18.1 Å². The molecule has 2 heteroatoms. The van der Waals surface area contributed by atoms with Crippen LogP contribution in [-0.4, -0.2) is 10.8 Å². The molecule has 2 aliphatic carbocycles. The summed E-state index contributed by atoms with van der Waals surface area (Å²) in [6.45, 7) is 0. The van der Waals surface area contributed by atoms with Gasteiger partial charge in [0.15, 0.2) is 0 Å². The van der Waals surface area contributed by atoms with E-state index >= 15 is 0 Å². The Bertz CT molecular complexity index is 428. The highest BCUT2D eigenvalue weighted by Crippen LogP contribution is 2.43. The molecule has 1 heterocycles. The van der Waals surface area contributed by atoms with Gasteiger partial charge in [0.2, 0.25) is 0 Å². The number of fused-ring (bicyclic) bond motifs is 1. The smallest absolute Gasteiger partial charge is 0.140 e. The van der Waals surface area contributed by atoms with Gasteiger partial charge in [0.1, 0.15) is 5.78 Å². The number of aromatic nitrogens is 1. The Hall–Kier alpha value is -1.18. The Morgan fingerprint density at radius 1 is 1.16 bits per heavy atom. The zero-order valence-corrected chi connectivity index (χ0v) is 11.6. The number of pyridine rings is 1. The molecule has 2 aliphatic rings. The fourth-order valence-electron chi connectivity index (χ4n) is 4.01. The largest absolute Gasteiger partial charge is 0.299 e. The summed E-state index contributed by atoms with van der Waals surface area (Å²) in [5.74, 6) is 2.53. The lowest BCUT2D eigenvalue weighted by atomic mass is 9.66. The van der Waals surface area contributed by atoms with Crippen LogP contribution in [0.4, 0.5) is 0 Å². The highest BCUT2D eigenvalue weighted by atomic mass is 16.1. The number of carbonyl (C=O) groups excluding carboxylic acids is 1.